The largest absolute Gasteiger partial charge is 0.756 e. The Bertz CT molecular complexity index is 881. The Hall–Kier alpha value is -1.54. The van der Waals surface area contributed by atoms with E-state index in [9.17, 15) is 19.4 Å². The standard InChI is InChI=1S/C36H67N2O6P/c1-6-8-10-12-14-16-18-19-20-21-23-25-27-29-35(39)34(33-44-45(41,42)43-32-31-38(3,4)5)37-36(40)30-28-26-24-22-17-15-13-11-9-7-2/h11,13-14,16,20-21,27,29,34-35,39H,6-10,12,15,17-19,22-26,28,30-33H2,1-5H3,(H-,37,40,41,42)/b13-11-,16-14+,21-20+,29-27+. The van der Waals surface area contributed by atoms with Crippen LogP contribution in [0.2, 0.25) is 0 Å². The van der Waals surface area contributed by atoms with Crippen molar-refractivity contribution < 1.29 is 32.9 Å². The van der Waals surface area contributed by atoms with Gasteiger partial charge in [-0.2, -0.15) is 0 Å². The number of likely N-dealkylation sites (N-methyl/N-ethyl adjacent to an activating group) is 1. The molecule has 2 N–H and O–H groups in total. The summed E-state index contributed by atoms with van der Waals surface area (Å²) in [5.74, 6) is -0.229. The number of quaternary nitrogens is 1. The number of carbonyl (C=O) groups excluding carboxylic acids is 1. The molecule has 45 heavy (non-hydrogen) atoms. The summed E-state index contributed by atoms with van der Waals surface area (Å²) in [6, 6.07) is -0.910. The fraction of sp³-hybridized carbons (Fsp3) is 0.750. The minimum absolute atomic E-state index is 0.0124. The van der Waals surface area contributed by atoms with Crippen LogP contribution in [0.25, 0.3) is 0 Å². The number of nitrogens with one attached hydrogen (secondary N) is 1. The molecular formula is C36H67N2O6P. The number of aliphatic hydroxyl groups is 1. The van der Waals surface area contributed by atoms with Gasteiger partial charge in [-0.15, -0.1) is 0 Å². The van der Waals surface area contributed by atoms with Gasteiger partial charge in [-0.1, -0.05) is 101 Å². The van der Waals surface area contributed by atoms with Crippen LogP contribution in [0.1, 0.15) is 123 Å². The zero-order valence-corrected chi connectivity index (χ0v) is 30.2. The van der Waals surface area contributed by atoms with E-state index in [0.717, 1.165) is 77.0 Å². The molecule has 8 nitrogen and oxygen atoms in total. The third-order valence-corrected chi connectivity index (χ3v) is 8.18. The highest BCUT2D eigenvalue weighted by Gasteiger charge is 2.23. The lowest BCUT2D eigenvalue weighted by atomic mass is 10.1. The number of aliphatic hydroxyl groups excluding tert-OH is 1. The van der Waals surface area contributed by atoms with E-state index in [2.05, 4.69) is 55.6 Å². The van der Waals surface area contributed by atoms with Gasteiger partial charge in [0.1, 0.15) is 13.2 Å². The van der Waals surface area contributed by atoms with Gasteiger partial charge in [0.25, 0.3) is 7.82 Å². The molecule has 0 aliphatic heterocycles. The molecule has 1 amide bonds. The molecule has 0 aromatic rings. The first-order chi connectivity index (χ1) is 21.5. The number of rotatable bonds is 30. The van der Waals surface area contributed by atoms with Crippen molar-refractivity contribution in [2.45, 2.75) is 135 Å². The van der Waals surface area contributed by atoms with Gasteiger partial charge in [-0.25, -0.2) is 0 Å². The second kappa shape index (κ2) is 28.7. The van der Waals surface area contributed by atoms with Crippen molar-refractivity contribution in [3.05, 3.63) is 48.6 Å². The maximum atomic E-state index is 12.7. The SMILES string of the molecule is CCC/C=C\CCCCCCCC(=O)NC(COP(=O)([O-])OCC[N+](C)(C)C)C(O)/C=C/CC/C=C/CC/C=C/CCCCC. The second-order valence-corrected chi connectivity index (χ2v) is 14.3. The van der Waals surface area contributed by atoms with E-state index in [1.807, 2.05) is 27.2 Å². The smallest absolute Gasteiger partial charge is 0.268 e. The molecule has 0 fully saturated rings. The predicted octanol–water partition coefficient (Wildman–Crippen LogP) is 7.94. The topological polar surface area (TPSA) is 108 Å². The number of nitrogens with zero attached hydrogens (tertiary/aromatic N) is 1. The first-order valence-electron chi connectivity index (χ1n) is 17.5. The fourth-order valence-electron chi connectivity index (χ4n) is 4.36. The summed E-state index contributed by atoms with van der Waals surface area (Å²) < 4.78 is 23.0. The van der Waals surface area contributed by atoms with Crippen LogP contribution in [0.15, 0.2) is 48.6 Å². The van der Waals surface area contributed by atoms with Gasteiger partial charge in [-0.05, 0) is 64.2 Å². The first kappa shape index (κ1) is 43.5. The number of phosphoric ester groups is 1. The average molecular weight is 655 g/mol. The van der Waals surface area contributed by atoms with Gasteiger partial charge < -0.3 is 28.8 Å². The van der Waals surface area contributed by atoms with Gasteiger partial charge >= 0.3 is 0 Å². The van der Waals surface area contributed by atoms with E-state index in [0.29, 0.717) is 17.4 Å². The Morgan fingerprint density at radius 1 is 0.756 bits per heavy atom. The zero-order chi connectivity index (χ0) is 33.7. The van der Waals surface area contributed by atoms with E-state index in [-0.39, 0.29) is 12.5 Å². The van der Waals surface area contributed by atoms with Crippen LogP contribution in [0, 0.1) is 0 Å². The summed E-state index contributed by atoms with van der Waals surface area (Å²) in [7, 11) is 1.22. The van der Waals surface area contributed by atoms with E-state index in [1.165, 1.54) is 25.7 Å². The number of allylic oxidation sites excluding steroid dienone is 7. The molecule has 262 valence electrons. The molecule has 9 heteroatoms. The number of phosphoric acid groups is 1. The molecule has 3 atom stereocenters. The highest BCUT2D eigenvalue weighted by molar-refractivity contribution is 7.45. The van der Waals surface area contributed by atoms with E-state index in [4.69, 9.17) is 9.05 Å². The van der Waals surface area contributed by atoms with Crippen LogP contribution in [-0.4, -0.2) is 68.5 Å². The normalized spacial score (nSPS) is 15.4. The monoisotopic (exact) mass is 654 g/mol. The van der Waals surface area contributed by atoms with Crippen molar-refractivity contribution in [3.63, 3.8) is 0 Å². The Kier molecular flexibility index (Phi) is 27.7. The highest BCUT2D eigenvalue weighted by Crippen LogP contribution is 2.38. The lowest BCUT2D eigenvalue weighted by molar-refractivity contribution is -0.870. The van der Waals surface area contributed by atoms with Crippen LogP contribution in [0.4, 0.5) is 0 Å². The predicted molar refractivity (Wildman–Crippen MR) is 187 cm³/mol. The molecule has 0 radical (unpaired) electrons. The highest BCUT2D eigenvalue weighted by atomic mass is 31.2. The third-order valence-electron chi connectivity index (χ3n) is 7.22. The maximum absolute atomic E-state index is 12.7. The first-order valence-corrected chi connectivity index (χ1v) is 19.0. The van der Waals surface area contributed by atoms with E-state index in [1.54, 1.807) is 6.08 Å². The van der Waals surface area contributed by atoms with Crippen molar-refractivity contribution in [1.82, 2.24) is 5.32 Å². The molecule has 0 aromatic heterocycles. The lowest BCUT2D eigenvalue weighted by Gasteiger charge is -2.29. The number of hydrogen-bond acceptors (Lipinski definition) is 6. The van der Waals surface area contributed by atoms with Crippen molar-refractivity contribution >= 4 is 13.7 Å². The molecule has 0 heterocycles. The summed E-state index contributed by atoms with van der Waals surface area (Å²) in [4.78, 5) is 25.0. The molecule has 0 bridgehead atoms. The molecule has 0 saturated carbocycles. The molecule has 0 saturated heterocycles. The van der Waals surface area contributed by atoms with Gasteiger partial charge in [0.2, 0.25) is 5.91 Å². The Morgan fingerprint density at radius 2 is 1.29 bits per heavy atom. The second-order valence-electron chi connectivity index (χ2n) is 12.8. The van der Waals surface area contributed by atoms with Crippen LogP contribution >= 0.6 is 7.82 Å². The summed E-state index contributed by atoms with van der Waals surface area (Å²) in [6.45, 7) is 4.46. The van der Waals surface area contributed by atoms with Gasteiger partial charge in [-0.3, -0.25) is 9.36 Å². The lowest BCUT2D eigenvalue weighted by Crippen LogP contribution is -2.45. The summed E-state index contributed by atoms with van der Waals surface area (Å²) in [5.41, 5.74) is 0. The summed E-state index contributed by atoms with van der Waals surface area (Å²) in [5, 5.41) is 13.6. The van der Waals surface area contributed by atoms with Crippen molar-refractivity contribution in [3.8, 4) is 0 Å². The minimum atomic E-state index is -4.59. The van der Waals surface area contributed by atoms with Crippen LogP contribution in [0.3, 0.4) is 0 Å². The third kappa shape index (κ3) is 30.9. The Labute approximate surface area is 276 Å². The molecular weight excluding hydrogens is 587 g/mol. The Morgan fingerprint density at radius 3 is 1.89 bits per heavy atom. The maximum Gasteiger partial charge on any atom is 0.268 e. The van der Waals surface area contributed by atoms with E-state index < -0.39 is 26.6 Å². The average Bonchev–Trinajstić information content (AvgIpc) is 2.97. The summed E-state index contributed by atoms with van der Waals surface area (Å²) >= 11 is 0. The quantitative estimate of drug-likeness (QED) is 0.0353. The van der Waals surface area contributed by atoms with Crippen LogP contribution in [0.5, 0.6) is 0 Å². The molecule has 0 aliphatic carbocycles. The van der Waals surface area contributed by atoms with Crippen molar-refractivity contribution in [2.75, 3.05) is 40.9 Å². The fourth-order valence-corrected chi connectivity index (χ4v) is 5.08. The molecule has 0 aliphatic rings. The number of amides is 1. The zero-order valence-electron chi connectivity index (χ0n) is 29.3. The number of carbonyl (C=O) groups is 1. The van der Waals surface area contributed by atoms with Gasteiger partial charge in [0, 0.05) is 6.42 Å². The van der Waals surface area contributed by atoms with Crippen LogP contribution < -0.4 is 10.2 Å². The Balaban J connectivity index is 4.72. The minimum Gasteiger partial charge on any atom is -0.756 e. The summed E-state index contributed by atoms with van der Waals surface area (Å²) in [6.07, 6.45) is 33.0. The van der Waals surface area contributed by atoms with E-state index >= 15 is 0 Å². The molecule has 3 unspecified atom stereocenters. The van der Waals surface area contributed by atoms with Crippen LogP contribution in [-0.2, 0) is 18.4 Å². The molecule has 0 rings (SSSR count). The van der Waals surface area contributed by atoms with Crippen molar-refractivity contribution in [1.29, 1.82) is 0 Å². The molecule has 0 aromatic carbocycles. The number of hydrogen-bond donors (Lipinski definition) is 2. The van der Waals surface area contributed by atoms with Gasteiger partial charge in [0.15, 0.2) is 0 Å². The molecule has 0 spiro atoms. The van der Waals surface area contributed by atoms with Gasteiger partial charge in [0.05, 0.1) is 39.9 Å². The van der Waals surface area contributed by atoms with Crippen molar-refractivity contribution in [2.24, 2.45) is 0 Å². The number of unbranched alkanes of at least 4 members (excludes halogenated alkanes) is 11.